The number of aryl methyl sites for hydroxylation is 1. The third-order valence-corrected chi connectivity index (χ3v) is 13.3. The number of carbonyl (C=O) groups is 3. The molecule has 3 amide bonds. The molecular formula is C40H41ClF4N8O4S. The van der Waals surface area contributed by atoms with Crippen LogP contribution in [0.25, 0.3) is 21.3 Å². The number of benzene rings is 2. The summed E-state index contributed by atoms with van der Waals surface area (Å²) in [5.41, 5.74) is 0.352. The first-order valence-electron chi connectivity index (χ1n) is 19.3. The number of amides is 3. The van der Waals surface area contributed by atoms with Crippen molar-refractivity contribution in [3.05, 3.63) is 80.2 Å². The molecule has 2 saturated heterocycles. The van der Waals surface area contributed by atoms with Gasteiger partial charge in [0.15, 0.2) is 0 Å². The van der Waals surface area contributed by atoms with E-state index >= 15 is 4.39 Å². The third kappa shape index (κ3) is 7.71. The number of alkyl halides is 3. The van der Waals surface area contributed by atoms with E-state index in [1.54, 1.807) is 23.7 Å². The second-order valence-electron chi connectivity index (χ2n) is 15.5. The highest BCUT2D eigenvalue weighted by Gasteiger charge is 2.35. The molecule has 0 radical (unpaired) electrons. The van der Waals surface area contributed by atoms with Crippen molar-refractivity contribution in [2.24, 2.45) is 13.0 Å². The zero-order valence-corrected chi connectivity index (χ0v) is 33.3. The Labute approximate surface area is 339 Å². The molecule has 1 aliphatic carbocycles. The van der Waals surface area contributed by atoms with Crippen molar-refractivity contribution in [2.75, 3.05) is 36.9 Å². The molecule has 306 valence electrons. The average molecular weight is 841 g/mol. The minimum atomic E-state index is -4.72. The lowest BCUT2D eigenvalue weighted by atomic mass is 9.82. The maximum absolute atomic E-state index is 15.0. The monoisotopic (exact) mass is 840 g/mol. The van der Waals surface area contributed by atoms with Crippen LogP contribution in [0.1, 0.15) is 84.5 Å². The van der Waals surface area contributed by atoms with Gasteiger partial charge in [0.25, 0.3) is 5.91 Å². The molecule has 8 rings (SSSR count). The fourth-order valence-electron chi connectivity index (χ4n) is 8.78. The molecule has 5 aromatic rings. The van der Waals surface area contributed by atoms with E-state index < -0.39 is 41.2 Å². The lowest BCUT2D eigenvalue weighted by Crippen LogP contribution is -2.45. The SMILES string of the molecule is CN(C[C@H]1CC[C@H](c2nc3cc(F)c(NC(=O)c4cccc(C(F)(F)F)n4)cc3s2)CC1)C1CCN(c2c(Cl)ccc3c2n(C)c(=O)n3C2CCC(=O)NC2=O)CC1. The van der Waals surface area contributed by atoms with Crippen LogP contribution in [-0.2, 0) is 22.8 Å². The van der Waals surface area contributed by atoms with Crippen LogP contribution in [0.2, 0.25) is 5.02 Å². The highest BCUT2D eigenvalue weighted by molar-refractivity contribution is 7.18. The van der Waals surface area contributed by atoms with Crippen LogP contribution in [0.15, 0.2) is 47.3 Å². The van der Waals surface area contributed by atoms with Gasteiger partial charge in [0.2, 0.25) is 11.8 Å². The maximum atomic E-state index is 15.0. The number of imide groups is 1. The molecule has 2 aliphatic heterocycles. The van der Waals surface area contributed by atoms with E-state index in [2.05, 4.69) is 32.5 Å². The molecule has 0 spiro atoms. The van der Waals surface area contributed by atoms with Crippen molar-refractivity contribution in [1.82, 2.24) is 29.3 Å². The number of carbonyl (C=O) groups excluding carboxylic acids is 3. The summed E-state index contributed by atoms with van der Waals surface area (Å²) in [6.07, 6.45) is 1.40. The van der Waals surface area contributed by atoms with Crippen molar-refractivity contribution in [2.45, 2.75) is 75.5 Å². The van der Waals surface area contributed by atoms with Gasteiger partial charge in [-0.3, -0.25) is 28.8 Å². The summed E-state index contributed by atoms with van der Waals surface area (Å²) in [7, 11) is 3.86. The highest BCUT2D eigenvalue weighted by atomic mass is 35.5. The van der Waals surface area contributed by atoms with Crippen molar-refractivity contribution in [3.63, 3.8) is 0 Å². The van der Waals surface area contributed by atoms with Gasteiger partial charge in [0.05, 0.1) is 42.7 Å². The first-order chi connectivity index (χ1) is 27.7. The summed E-state index contributed by atoms with van der Waals surface area (Å²) in [5.74, 6) is -1.79. The Hall–Kier alpha value is -4.87. The second kappa shape index (κ2) is 15.7. The normalized spacial score (nSPS) is 21.0. The van der Waals surface area contributed by atoms with E-state index in [-0.39, 0.29) is 36.0 Å². The molecular weight excluding hydrogens is 800 g/mol. The van der Waals surface area contributed by atoms with E-state index in [1.807, 2.05) is 0 Å². The Balaban J connectivity index is 0.868. The molecule has 3 aromatic heterocycles. The van der Waals surface area contributed by atoms with Gasteiger partial charge in [0, 0.05) is 51.1 Å². The standard InChI is InChI=1S/C40H41ClF4N8O4S/c1-50(23-14-16-52(17-15-23)34-24(41)10-11-29-35(34)51(2)39(57)53(29)30-12-13-33(54)49-37(30)56)20-21-6-8-22(9-7-21)38-48-28-18-25(42)27(19-31(28)58-38)47-36(55)26-4-3-5-32(46-26)40(43,44)45/h3-5,10-11,18-19,21-23,30H,6-9,12-17,20H2,1-2H3,(H,47,55)(H,49,54,56)/t21-,22-,30?. The number of imidazole rings is 1. The molecule has 58 heavy (non-hydrogen) atoms. The molecule has 1 unspecified atom stereocenters. The fourth-order valence-corrected chi connectivity index (χ4v) is 10.2. The van der Waals surface area contributed by atoms with Crippen molar-refractivity contribution < 1.29 is 31.9 Å². The number of pyridine rings is 1. The Morgan fingerprint density at radius 3 is 2.47 bits per heavy atom. The number of anilines is 2. The van der Waals surface area contributed by atoms with E-state index in [4.69, 9.17) is 16.6 Å². The third-order valence-electron chi connectivity index (χ3n) is 11.9. The lowest BCUT2D eigenvalue weighted by molar-refractivity contribution is -0.141. The van der Waals surface area contributed by atoms with Gasteiger partial charge in [-0.1, -0.05) is 17.7 Å². The zero-order valence-electron chi connectivity index (χ0n) is 31.7. The van der Waals surface area contributed by atoms with Crippen LogP contribution in [-0.4, -0.2) is 74.4 Å². The minimum absolute atomic E-state index is 0.154. The molecule has 12 nitrogen and oxygen atoms in total. The topological polar surface area (TPSA) is 134 Å². The number of nitrogens with zero attached hydrogens (tertiary/aromatic N) is 6. The Morgan fingerprint density at radius 1 is 1.02 bits per heavy atom. The molecule has 3 fully saturated rings. The van der Waals surface area contributed by atoms with Gasteiger partial charge in [0.1, 0.15) is 23.2 Å². The average Bonchev–Trinajstić information content (AvgIpc) is 3.72. The molecule has 1 saturated carbocycles. The van der Waals surface area contributed by atoms with E-state index in [0.29, 0.717) is 38.2 Å². The lowest BCUT2D eigenvalue weighted by Gasteiger charge is -2.40. The van der Waals surface area contributed by atoms with E-state index in [9.17, 15) is 32.3 Å². The quantitative estimate of drug-likeness (QED) is 0.123. The fraction of sp³-hybridized carbons (Fsp3) is 0.450. The van der Waals surface area contributed by atoms with Crippen LogP contribution in [0.3, 0.4) is 0 Å². The predicted molar refractivity (Wildman–Crippen MR) is 213 cm³/mol. The van der Waals surface area contributed by atoms with Gasteiger partial charge >= 0.3 is 11.9 Å². The minimum Gasteiger partial charge on any atom is -0.368 e. The largest absolute Gasteiger partial charge is 0.433 e. The Morgan fingerprint density at radius 2 is 1.76 bits per heavy atom. The summed E-state index contributed by atoms with van der Waals surface area (Å²) in [6.45, 7) is 2.43. The molecule has 2 aromatic carbocycles. The smallest absolute Gasteiger partial charge is 0.368 e. The number of piperidine rings is 2. The Bertz CT molecular complexity index is 2490. The van der Waals surface area contributed by atoms with E-state index in [0.717, 1.165) is 87.1 Å². The zero-order chi connectivity index (χ0) is 41.0. The first kappa shape index (κ1) is 39.9. The van der Waals surface area contributed by atoms with Gasteiger partial charge in [-0.25, -0.2) is 19.2 Å². The van der Waals surface area contributed by atoms with Gasteiger partial charge < -0.3 is 15.1 Å². The number of hydrogen-bond acceptors (Lipinski definition) is 9. The Kier molecular flexibility index (Phi) is 10.8. The van der Waals surface area contributed by atoms with Crippen LogP contribution >= 0.6 is 22.9 Å². The summed E-state index contributed by atoms with van der Waals surface area (Å²) in [5, 5.41) is 6.15. The van der Waals surface area contributed by atoms with Crippen LogP contribution in [0.5, 0.6) is 0 Å². The van der Waals surface area contributed by atoms with Crippen molar-refractivity contribution in [1.29, 1.82) is 0 Å². The number of fused-ring (bicyclic) bond motifs is 2. The molecule has 3 aliphatic rings. The molecule has 0 bridgehead atoms. The predicted octanol–water partition coefficient (Wildman–Crippen LogP) is 7.26. The van der Waals surface area contributed by atoms with Gasteiger partial charge in [-0.2, -0.15) is 13.2 Å². The van der Waals surface area contributed by atoms with Gasteiger partial charge in [-0.15, -0.1) is 11.3 Å². The number of hydrogen-bond donors (Lipinski definition) is 2. The number of halogens is 5. The molecule has 18 heteroatoms. The number of thiazole rings is 1. The first-order valence-corrected chi connectivity index (χ1v) is 20.5. The van der Waals surface area contributed by atoms with Crippen LogP contribution in [0.4, 0.5) is 28.9 Å². The van der Waals surface area contributed by atoms with Gasteiger partial charge in [-0.05, 0) is 88.2 Å². The van der Waals surface area contributed by atoms with Crippen molar-refractivity contribution in [3.8, 4) is 0 Å². The van der Waals surface area contributed by atoms with Crippen LogP contribution in [0, 0.1) is 11.7 Å². The second-order valence-corrected chi connectivity index (χ2v) is 17.0. The molecule has 5 heterocycles. The summed E-state index contributed by atoms with van der Waals surface area (Å²) in [6, 6.07) is 8.82. The summed E-state index contributed by atoms with van der Waals surface area (Å²) < 4.78 is 58.0. The van der Waals surface area contributed by atoms with Crippen molar-refractivity contribution >= 4 is 73.3 Å². The summed E-state index contributed by atoms with van der Waals surface area (Å²) in [4.78, 5) is 63.5. The maximum Gasteiger partial charge on any atom is 0.433 e. The van der Waals surface area contributed by atoms with Crippen LogP contribution < -0.4 is 21.2 Å². The number of rotatable bonds is 8. The number of aromatic nitrogens is 4. The molecule has 2 N–H and O–H groups in total. The molecule has 1 atom stereocenters. The number of nitrogens with one attached hydrogen (secondary N) is 2. The highest BCUT2D eigenvalue weighted by Crippen LogP contribution is 2.41. The summed E-state index contributed by atoms with van der Waals surface area (Å²) >= 11 is 8.25. The van der Waals surface area contributed by atoms with E-state index in [1.165, 1.54) is 28.0 Å².